The highest BCUT2D eigenvalue weighted by atomic mass is 32.1. The van der Waals surface area contributed by atoms with Gasteiger partial charge in [-0.25, -0.2) is 4.98 Å². The summed E-state index contributed by atoms with van der Waals surface area (Å²) in [5.74, 6) is 1.79. The first-order chi connectivity index (χ1) is 28.6. The second-order valence-electron chi connectivity index (χ2n) is 14.1. The van der Waals surface area contributed by atoms with Gasteiger partial charge in [-0.1, -0.05) is 167 Å². The van der Waals surface area contributed by atoms with Gasteiger partial charge in [-0.3, -0.25) is 4.57 Å². The molecule has 5 heteroatoms. The lowest BCUT2D eigenvalue weighted by Crippen LogP contribution is -2.07. The van der Waals surface area contributed by atoms with Gasteiger partial charge < -0.3 is 0 Å². The van der Waals surface area contributed by atoms with Crippen molar-refractivity contribution in [2.45, 2.75) is 13.8 Å². The zero-order valence-electron chi connectivity index (χ0n) is 32.3. The van der Waals surface area contributed by atoms with Crippen molar-refractivity contribution in [3.05, 3.63) is 181 Å². The van der Waals surface area contributed by atoms with Crippen LogP contribution in [0.15, 0.2) is 171 Å². The Morgan fingerprint density at radius 1 is 0.500 bits per heavy atom. The molecule has 0 aliphatic carbocycles. The van der Waals surface area contributed by atoms with Gasteiger partial charge in [-0.05, 0) is 73.8 Å². The van der Waals surface area contributed by atoms with Gasteiger partial charge in [0, 0.05) is 42.4 Å². The van der Waals surface area contributed by atoms with E-state index in [1.54, 1.807) is 11.3 Å². The van der Waals surface area contributed by atoms with Crippen LogP contribution < -0.4 is 0 Å². The van der Waals surface area contributed by atoms with Crippen LogP contribution in [0, 0.1) is 0 Å². The van der Waals surface area contributed by atoms with Crippen LogP contribution in [0.3, 0.4) is 0 Å². The monoisotopic (exact) mass is 762 g/mol. The second kappa shape index (κ2) is 14.4. The summed E-state index contributed by atoms with van der Waals surface area (Å²) in [6, 6.07) is 56.0. The van der Waals surface area contributed by atoms with Gasteiger partial charge in [-0.2, -0.15) is 9.97 Å². The van der Waals surface area contributed by atoms with E-state index in [9.17, 15) is 0 Å². The first-order valence-corrected chi connectivity index (χ1v) is 20.5. The van der Waals surface area contributed by atoms with Crippen molar-refractivity contribution in [2.75, 3.05) is 0 Å². The lowest BCUT2D eigenvalue weighted by atomic mass is 9.98. The summed E-state index contributed by atoms with van der Waals surface area (Å²) in [7, 11) is 0. The minimum absolute atomic E-state index is 0.561. The van der Waals surface area contributed by atoms with Crippen LogP contribution in [0.25, 0.3) is 116 Å². The summed E-state index contributed by atoms with van der Waals surface area (Å²) < 4.78 is 3.46. The van der Waals surface area contributed by atoms with E-state index in [4.69, 9.17) is 15.0 Å². The Morgan fingerprint density at radius 3 is 1.74 bits per heavy atom. The number of hydrogen-bond donors (Lipinski definition) is 0. The molecule has 3 aromatic heterocycles. The highest BCUT2D eigenvalue weighted by Gasteiger charge is 2.22. The fourth-order valence-corrected chi connectivity index (χ4v) is 9.36. The number of thiophene rings is 1. The van der Waals surface area contributed by atoms with Crippen LogP contribution in [0.5, 0.6) is 0 Å². The zero-order valence-corrected chi connectivity index (χ0v) is 33.1. The zero-order chi connectivity index (χ0) is 39.3. The molecule has 0 saturated carbocycles. The summed E-state index contributed by atoms with van der Waals surface area (Å²) >= 11 is 1.74. The molecular formula is C53H38N4S. The Hall–Kier alpha value is -7.21. The molecular weight excluding hydrogens is 725 g/mol. The lowest BCUT2D eigenvalue weighted by Gasteiger charge is -2.14. The molecule has 8 aromatic carbocycles. The Kier molecular flexibility index (Phi) is 8.73. The topological polar surface area (TPSA) is 43.6 Å². The molecule has 0 atom stereocenters. The number of hydrogen-bond acceptors (Lipinski definition) is 4. The van der Waals surface area contributed by atoms with Crippen LogP contribution in [-0.2, 0) is 0 Å². The number of rotatable bonds is 6. The van der Waals surface area contributed by atoms with Gasteiger partial charge in [0.1, 0.15) is 0 Å². The molecule has 0 unspecified atom stereocenters. The van der Waals surface area contributed by atoms with E-state index in [1.807, 2.05) is 26.0 Å². The molecule has 11 aromatic rings. The third-order valence-electron chi connectivity index (χ3n) is 11.0. The molecule has 0 aliphatic heterocycles. The van der Waals surface area contributed by atoms with Crippen molar-refractivity contribution >= 4 is 87.7 Å². The minimum atomic E-state index is 0.561. The standard InChI is InChI=1S/C51H32N4S.C2H6/c1-3-39-43-30-36(25-27-46(43)56-45(39)4-2)41-18-11-19-42-47-40-17-10-9-14-33(40)24-26-44(47)55(48(41)42)51-53-49(37-22-20-31-12-5-7-15-34(31)28-37)52-50(54-51)38-23-21-32-13-6-8-16-35(32)29-38;1-2/h3-30H,1-2H2;1-2H3. The molecule has 11 rings (SSSR count). The van der Waals surface area contributed by atoms with E-state index < -0.39 is 0 Å². The van der Waals surface area contributed by atoms with Gasteiger partial charge in [0.05, 0.1) is 11.0 Å². The lowest BCUT2D eigenvalue weighted by molar-refractivity contribution is 0.954. The predicted octanol–water partition coefficient (Wildman–Crippen LogP) is 15.0. The van der Waals surface area contributed by atoms with Gasteiger partial charge >= 0.3 is 0 Å². The molecule has 0 saturated heterocycles. The first-order valence-electron chi connectivity index (χ1n) is 19.7. The van der Waals surface area contributed by atoms with Gasteiger partial charge in [0.15, 0.2) is 11.6 Å². The van der Waals surface area contributed by atoms with Crippen molar-refractivity contribution in [3.63, 3.8) is 0 Å². The van der Waals surface area contributed by atoms with E-state index >= 15 is 0 Å². The molecule has 0 bridgehead atoms. The molecule has 276 valence electrons. The fraction of sp³-hybridized carbons (Fsp3) is 0.0377. The summed E-state index contributed by atoms with van der Waals surface area (Å²) in [6.45, 7) is 12.2. The first kappa shape index (κ1) is 35.2. The predicted molar refractivity (Wildman–Crippen MR) is 250 cm³/mol. The van der Waals surface area contributed by atoms with Crippen molar-refractivity contribution in [3.8, 4) is 39.9 Å². The summed E-state index contributed by atoms with van der Waals surface area (Å²) in [4.78, 5) is 17.1. The largest absolute Gasteiger partial charge is 0.277 e. The van der Waals surface area contributed by atoms with Crippen LogP contribution in [0.1, 0.15) is 24.3 Å². The smallest absolute Gasteiger partial charge is 0.238 e. The summed E-state index contributed by atoms with van der Waals surface area (Å²) in [6.07, 6.45) is 3.86. The number of nitrogens with zero attached hydrogens (tertiary/aromatic N) is 4. The molecule has 3 heterocycles. The SMILES string of the molecule is C=Cc1sc2ccc(-c3cccc4c5c6ccccc6ccc5n(-c5nc(-c6ccc7ccccc7c6)nc(-c6ccc7ccccc7c6)n5)c34)cc2c1C=C.CC. The van der Waals surface area contributed by atoms with Crippen molar-refractivity contribution < 1.29 is 0 Å². The Bertz CT molecular complexity index is 3330. The summed E-state index contributed by atoms with van der Waals surface area (Å²) in [5.41, 5.74) is 7.23. The highest BCUT2D eigenvalue weighted by molar-refractivity contribution is 7.20. The maximum atomic E-state index is 5.37. The molecule has 0 spiro atoms. The third-order valence-corrected chi connectivity index (χ3v) is 12.2. The molecule has 0 N–H and O–H groups in total. The van der Waals surface area contributed by atoms with E-state index in [2.05, 4.69) is 175 Å². The Labute approximate surface area is 340 Å². The number of fused-ring (bicyclic) bond motifs is 8. The molecule has 0 radical (unpaired) electrons. The van der Waals surface area contributed by atoms with Crippen LogP contribution in [0.2, 0.25) is 0 Å². The molecule has 0 aliphatic rings. The van der Waals surface area contributed by atoms with Crippen LogP contribution in [-0.4, -0.2) is 19.5 Å². The van der Waals surface area contributed by atoms with E-state index in [0.717, 1.165) is 65.3 Å². The maximum Gasteiger partial charge on any atom is 0.238 e. The third kappa shape index (κ3) is 5.70. The van der Waals surface area contributed by atoms with Crippen molar-refractivity contribution in [2.24, 2.45) is 0 Å². The summed E-state index contributed by atoms with van der Waals surface area (Å²) in [5, 5.41) is 10.4. The highest BCUT2D eigenvalue weighted by Crippen LogP contribution is 2.43. The van der Waals surface area contributed by atoms with E-state index in [-0.39, 0.29) is 0 Å². The van der Waals surface area contributed by atoms with Crippen molar-refractivity contribution in [1.82, 2.24) is 19.5 Å². The quantitative estimate of drug-likeness (QED) is 0.169. The minimum Gasteiger partial charge on any atom is -0.277 e. The molecule has 4 nitrogen and oxygen atoms in total. The number of benzene rings is 8. The Morgan fingerprint density at radius 2 is 1.09 bits per heavy atom. The Balaban J connectivity index is 0.00000201. The normalized spacial score (nSPS) is 11.4. The molecule has 0 fully saturated rings. The molecule has 58 heavy (non-hydrogen) atoms. The maximum absolute atomic E-state index is 5.37. The van der Waals surface area contributed by atoms with E-state index in [0.29, 0.717) is 17.6 Å². The number of aromatic nitrogens is 4. The number of para-hydroxylation sites is 1. The average molecular weight is 763 g/mol. The van der Waals surface area contributed by atoms with Crippen molar-refractivity contribution in [1.29, 1.82) is 0 Å². The van der Waals surface area contributed by atoms with Gasteiger partial charge in [-0.15, -0.1) is 11.3 Å². The van der Waals surface area contributed by atoms with Crippen LogP contribution in [0.4, 0.5) is 0 Å². The van der Waals surface area contributed by atoms with E-state index in [1.165, 1.54) is 31.6 Å². The van der Waals surface area contributed by atoms with Gasteiger partial charge in [0.2, 0.25) is 5.95 Å². The molecule has 0 amide bonds. The second-order valence-corrected chi connectivity index (χ2v) is 15.2. The van der Waals surface area contributed by atoms with Crippen LogP contribution >= 0.6 is 11.3 Å². The average Bonchev–Trinajstić information content (AvgIpc) is 3.84. The fourth-order valence-electron chi connectivity index (χ4n) is 8.32. The van der Waals surface area contributed by atoms with Gasteiger partial charge in [0.25, 0.3) is 0 Å².